The standard InChI is InChI=1S/C14H17N3O2/c1-2-19-14-8-13(16-10-17-14)15-9-12(18)11-6-4-3-5-7-11/h3-8,10,12,18H,2,9H2,1H3,(H,15,16,17). The molecule has 0 saturated heterocycles. The van der Waals surface area contributed by atoms with Crippen LogP contribution in [0.2, 0.25) is 0 Å². The molecule has 0 radical (unpaired) electrons. The van der Waals surface area contributed by atoms with E-state index < -0.39 is 6.10 Å². The Hall–Kier alpha value is -2.14. The third-order valence-corrected chi connectivity index (χ3v) is 2.60. The van der Waals surface area contributed by atoms with Gasteiger partial charge in [0.05, 0.1) is 12.7 Å². The Morgan fingerprint density at radius 2 is 2.05 bits per heavy atom. The SMILES string of the molecule is CCOc1cc(NCC(O)c2ccccc2)ncn1. The first-order chi connectivity index (χ1) is 9.29. The number of nitrogens with one attached hydrogen (secondary N) is 1. The lowest BCUT2D eigenvalue weighted by atomic mass is 10.1. The van der Waals surface area contributed by atoms with Gasteiger partial charge in [0.25, 0.3) is 0 Å². The van der Waals surface area contributed by atoms with Gasteiger partial charge >= 0.3 is 0 Å². The molecule has 0 saturated carbocycles. The highest BCUT2D eigenvalue weighted by molar-refractivity contribution is 5.37. The van der Waals surface area contributed by atoms with E-state index >= 15 is 0 Å². The molecule has 2 N–H and O–H groups in total. The number of aliphatic hydroxyl groups excluding tert-OH is 1. The highest BCUT2D eigenvalue weighted by atomic mass is 16.5. The minimum absolute atomic E-state index is 0.382. The number of benzene rings is 1. The molecule has 1 atom stereocenters. The average Bonchev–Trinajstić information content (AvgIpc) is 2.46. The molecule has 0 aliphatic carbocycles. The summed E-state index contributed by atoms with van der Waals surface area (Å²) >= 11 is 0. The fourth-order valence-corrected chi connectivity index (χ4v) is 1.66. The molecule has 0 spiro atoms. The summed E-state index contributed by atoms with van der Waals surface area (Å²) in [7, 11) is 0. The van der Waals surface area contributed by atoms with Crippen molar-refractivity contribution in [2.45, 2.75) is 13.0 Å². The van der Waals surface area contributed by atoms with Gasteiger partial charge in [0.2, 0.25) is 5.88 Å². The van der Waals surface area contributed by atoms with Crippen molar-refractivity contribution >= 4 is 5.82 Å². The summed E-state index contributed by atoms with van der Waals surface area (Å²) in [6.07, 6.45) is 0.856. The van der Waals surface area contributed by atoms with E-state index in [1.165, 1.54) is 6.33 Å². The molecular weight excluding hydrogens is 242 g/mol. The maximum absolute atomic E-state index is 10.0. The van der Waals surface area contributed by atoms with Crippen LogP contribution >= 0.6 is 0 Å². The van der Waals surface area contributed by atoms with E-state index in [-0.39, 0.29) is 0 Å². The van der Waals surface area contributed by atoms with Crippen molar-refractivity contribution in [1.82, 2.24) is 9.97 Å². The topological polar surface area (TPSA) is 67.3 Å². The molecule has 100 valence electrons. The first-order valence-corrected chi connectivity index (χ1v) is 6.21. The van der Waals surface area contributed by atoms with Crippen LogP contribution in [0.5, 0.6) is 5.88 Å². The van der Waals surface area contributed by atoms with E-state index in [0.717, 1.165) is 5.56 Å². The average molecular weight is 259 g/mol. The number of aliphatic hydroxyl groups is 1. The van der Waals surface area contributed by atoms with Gasteiger partial charge in [0, 0.05) is 12.6 Å². The lowest BCUT2D eigenvalue weighted by Crippen LogP contribution is -2.13. The molecule has 0 aliphatic rings. The first kappa shape index (κ1) is 13.3. The predicted octanol–water partition coefficient (Wildman–Crippen LogP) is 2.02. The zero-order chi connectivity index (χ0) is 13.5. The third kappa shape index (κ3) is 3.93. The van der Waals surface area contributed by atoms with Gasteiger partial charge in [-0.1, -0.05) is 30.3 Å². The number of ether oxygens (including phenoxy) is 1. The van der Waals surface area contributed by atoms with Crippen LogP contribution in [0.4, 0.5) is 5.82 Å². The van der Waals surface area contributed by atoms with Crippen LogP contribution in [0.25, 0.3) is 0 Å². The van der Waals surface area contributed by atoms with Gasteiger partial charge < -0.3 is 15.2 Å². The van der Waals surface area contributed by atoms with Crippen LogP contribution in [-0.4, -0.2) is 28.2 Å². The van der Waals surface area contributed by atoms with E-state index in [2.05, 4.69) is 15.3 Å². The highest BCUT2D eigenvalue weighted by Crippen LogP contribution is 2.15. The highest BCUT2D eigenvalue weighted by Gasteiger charge is 2.07. The van der Waals surface area contributed by atoms with Crippen LogP contribution in [0.3, 0.4) is 0 Å². The zero-order valence-electron chi connectivity index (χ0n) is 10.8. The quantitative estimate of drug-likeness (QED) is 0.830. The molecule has 1 unspecified atom stereocenters. The minimum Gasteiger partial charge on any atom is -0.478 e. The molecule has 0 bridgehead atoms. The Morgan fingerprint density at radius 3 is 2.79 bits per heavy atom. The van der Waals surface area contributed by atoms with E-state index in [0.29, 0.717) is 24.8 Å². The lowest BCUT2D eigenvalue weighted by Gasteiger charge is -2.12. The van der Waals surface area contributed by atoms with Gasteiger partial charge in [-0.15, -0.1) is 0 Å². The van der Waals surface area contributed by atoms with Crippen molar-refractivity contribution in [2.75, 3.05) is 18.5 Å². The van der Waals surface area contributed by atoms with Crippen molar-refractivity contribution in [2.24, 2.45) is 0 Å². The molecule has 1 aromatic carbocycles. The first-order valence-electron chi connectivity index (χ1n) is 6.21. The molecule has 1 aromatic heterocycles. The Labute approximate surface area is 112 Å². The number of hydrogen-bond donors (Lipinski definition) is 2. The van der Waals surface area contributed by atoms with Crippen molar-refractivity contribution in [3.8, 4) is 5.88 Å². The number of rotatable bonds is 6. The van der Waals surface area contributed by atoms with E-state index in [4.69, 9.17) is 4.74 Å². The molecule has 2 rings (SSSR count). The normalized spacial score (nSPS) is 11.9. The van der Waals surface area contributed by atoms with Crippen LogP contribution in [0.15, 0.2) is 42.7 Å². The fourth-order valence-electron chi connectivity index (χ4n) is 1.66. The van der Waals surface area contributed by atoms with Crippen LogP contribution < -0.4 is 10.1 Å². The molecule has 1 heterocycles. The van der Waals surface area contributed by atoms with Crippen molar-refractivity contribution in [3.63, 3.8) is 0 Å². The molecule has 19 heavy (non-hydrogen) atoms. The Balaban J connectivity index is 1.93. The summed E-state index contributed by atoms with van der Waals surface area (Å²) in [5, 5.41) is 13.1. The Bertz CT molecular complexity index is 505. The molecule has 0 aliphatic heterocycles. The van der Waals surface area contributed by atoms with Crippen LogP contribution in [0, 0.1) is 0 Å². The summed E-state index contributed by atoms with van der Waals surface area (Å²) in [5.74, 6) is 1.16. The van der Waals surface area contributed by atoms with Gasteiger partial charge in [-0.2, -0.15) is 0 Å². The zero-order valence-corrected chi connectivity index (χ0v) is 10.8. The fraction of sp³-hybridized carbons (Fsp3) is 0.286. The molecule has 2 aromatic rings. The number of anilines is 1. The van der Waals surface area contributed by atoms with Crippen LogP contribution in [-0.2, 0) is 0 Å². The number of nitrogens with zero attached hydrogens (tertiary/aromatic N) is 2. The van der Waals surface area contributed by atoms with E-state index in [9.17, 15) is 5.11 Å². The monoisotopic (exact) mass is 259 g/mol. The largest absolute Gasteiger partial charge is 0.478 e. The second-order valence-corrected chi connectivity index (χ2v) is 3.98. The van der Waals surface area contributed by atoms with Crippen molar-refractivity contribution < 1.29 is 9.84 Å². The summed E-state index contributed by atoms with van der Waals surface area (Å²) in [5.41, 5.74) is 0.870. The van der Waals surface area contributed by atoms with Gasteiger partial charge in [-0.05, 0) is 12.5 Å². The molecule has 5 heteroatoms. The summed E-state index contributed by atoms with van der Waals surface area (Å²) in [6, 6.07) is 11.2. The van der Waals surface area contributed by atoms with Crippen LogP contribution in [0.1, 0.15) is 18.6 Å². The smallest absolute Gasteiger partial charge is 0.218 e. The number of aromatic nitrogens is 2. The van der Waals surface area contributed by atoms with Gasteiger partial charge in [0.1, 0.15) is 12.1 Å². The maximum Gasteiger partial charge on any atom is 0.218 e. The molecule has 0 amide bonds. The third-order valence-electron chi connectivity index (χ3n) is 2.60. The molecule has 0 fully saturated rings. The van der Waals surface area contributed by atoms with Gasteiger partial charge in [0.15, 0.2) is 0 Å². The van der Waals surface area contributed by atoms with Gasteiger partial charge in [-0.25, -0.2) is 9.97 Å². The Kier molecular flexibility index (Phi) is 4.69. The number of hydrogen-bond acceptors (Lipinski definition) is 5. The van der Waals surface area contributed by atoms with E-state index in [1.54, 1.807) is 6.07 Å². The van der Waals surface area contributed by atoms with Crippen molar-refractivity contribution in [3.05, 3.63) is 48.3 Å². The van der Waals surface area contributed by atoms with Gasteiger partial charge in [-0.3, -0.25) is 0 Å². The second kappa shape index (κ2) is 6.70. The maximum atomic E-state index is 10.0. The summed E-state index contributed by atoms with van der Waals surface area (Å²) < 4.78 is 5.28. The lowest BCUT2D eigenvalue weighted by molar-refractivity contribution is 0.191. The van der Waals surface area contributed by atoms with E-state index in [1.807, 2.05) is 37.3 Å². The van der Waals surface area contributed by atoms with Crippen molar-refractivity contribution in [1.29, 1.82) is 0 Å². The summed E-state index contributed by atoms with van der Waals surface area (Å²) in [4.78, 5) is 8.05. The molecule has 5 nitrogen and oxygen atoms in total. The second-order valence-electron chi connectivity index (χ2n) is 3.98. The minimum atomic E-state index is -0.577. The predicted molar refractivity (Wildman–Crippen MR) is 73.1 cm³/mol. The summed E-state index contributed by atoms with van der Waals surface area (Å²) in [6.45, 7) is 2.84. The molecular formula is C14H17N3O2. The Morgan fingerprint density at radius 1 is 1.26 bits per heavy atom.